The number of halogens is 1. The van der Waals surface area contributed by atoms with Crippen LogP contribution in [0.1, 0.15) is 32.2 Å². The molecule has 0 spiro atoms. The summed E-state index contributed by atoms with van der Waals surface area (Å²) in [4.78, 5) is 0. The van der Waals surface area contributed by atoms with E-state index in [4.69, 9.17) is 13.3 Å². The van der Waals surface area contributed by atoms with Gasteiger partial charge in [-0.2, -0.15) is 13.5 Å². The lowest BCUT2D eigenvalue weighted by atomic mass is 10.2. The number of methoxy groups -OCH3 is 1. The molecule has 0 N–H and O–H groups in total. The van der Waals surface area contributed by atoms with Crippen LogP contribution in [0.4, 0.5) is 0 Å². The lowest BCUT2D eigenvalue weighted by Gasteiger charge is -2.36. The van der Waals surface area contributed by atoms with Gasteiger partial charge in [-0.3, -0.25) is 8.86 Å². The molecule has 0 aliphatic heterocycles. The van der Waals surface area contributed by atoms with E-state index >= 15 is 0 Å². The minimum absolute atomic E-state index is 0.0477. The van der Waals surface area contributed by atoms with E-state index in [1.54, 1.807) is 11.8 Å². The van der Waals surface area contributed by atoms with E-state index < -0.39 is 18.4 Å². The molecule has 1 rings (SSSR count). The Labute approximate surface area is 165 Å². The van der Waals surface area contributed by atoms with E-state index in [2.05, 4.69) is 61.6 Å². The number of aromatic nitrogens is 2. The normalized spacial score (nSPS) is 13.4. The van der Waals surface area contributed by atoms with Gasteiger partial charge in [0.1, 0.15) is 12.3 Å². The van der Waals surface area contributed by atoms with Gasteiger partial charge in [-0.05, 0) is 40.7 Å². The Morgan fingerprint density at radius 3 is 2.32 bits per heavy atom. The van der Waals surface area contributed by atoms with Gasteiger partial charge in [-0.25, -0.2) is 0 Å². The van der Waals surface area contributed by atoms with E-state index in [1.165, 1.54) is 0 Å². The van der Waals surface area contributed by atoms with Crippen molar-refractivity contribution in [2.45, 2.75) is 58.7 Å². The van der Waals surface area contributed by atoms with Crippen molar-refractivity contribution in [2.24, 2.45) is 0 Å². The topological polar surface area (TPSA) is 79.7 Å². The Kier molecular flexibility index (Phi) is 8.09. The second-order valence-corrected chi connectivity index (χ2v) is 15.0. The highest BCUT2D eigenvalue weighted by atomic mass is 127. The summed E-state index contributed by atoms with van der Waals surface area (Å²) in [6.07, 6.45) is 1.04. The van der Waals surface area contributed by atoms with E-state index in [-0.39, 0.29) is 11.6 Å². The van der Waals surface area contributed by atoms with Gasteiger partial charge in [0.25, 0.3) is 10.1 Å². The fourth-order valence-corrected chi connectivity index (χ4v) is 3.91. The Morgan fingerprint density at radius 1 is 1.24 bits per heavy atom. The first-order valence-electron chi connectivity index (χ1n) is 8.00. The van der Waals surface area contributed by atoms with Crippen LogP contribution in [-0.2, 0) is 43.2 Å². The van der Waals surface area contributed by atoms with Crippen LogP contribution in [0, 0.1) is 3.57 Å². The summed E-state index contributed by atoms with van der Waals surface area (Å²) in [6, 6.07) is 0. The quantitative estimate of drug-likeness (QED) is 0.292. The summed E-state index contributed by atoms with van der Waals surface area (Å²) in [5.74, 6) is 0. The number of nitrogens with zero attached hydrogens (tertiary/aromatic N) is 2. The molecule has 0 saturated carbocycles. The van der Waals surface area contributed by atoms with Gasteiger partial charge >= 0.3 is 0 Å². The third-order valence-electron chi connectivity index (χ3n) is 4.32. The average molecular weight is 504 g/mol. The summed E-state index contributed by atoms with van der Waals surface area (Å²) in [7, 11) is -3.76. The molecule has 146 valence electrons. The molecule has 1 aromatic heterocycles. The zero-order chi connectivity index (χ0) is 19.5. The average Bonchev–Trinajstić information content (AvgIpc) is 2.71. The summed E-state index contributed by atoms with van der Waals surface area (Å²) >= 11 is 2.15. The minimum Gasteiger partial charge on any atom is -0.415 e. The monoisotopic (exact) mass is 504 g/mol. The van der Waals surface area contributed by atoms with Gasteiger partial charge in [-0.1, -0.05) is 20.8 Å². The van der Waals surface area contributed by atoms with Crippen molar-refractivity contribution in [1.29, 1.82) is 0 Å². The zero-order valence-electron chi connectivity index (χ0n) is 16.1. The number of rotatable bonds is 9. The van der Waals surface area contributed by atoms with Crippen molar-refractivity contribution >= 4 is 41.0 Å². The standard InChI is InChI=1S/C15H29IN2O5SSi/c1-15(2,3)25(6,7)23-9-8-18-13(11-22-24(5,19)20)14(16)12(17-18)10-21-4/h8-11H2,1-7H3. The van der Waals surface area contributed by atoms with Crippen molar-refractivity contribution in [2.75, 3.05) is 20.0 Å². The Balaban J connectivity index is 2.91. The molecule has 0 fully saturated rings. The van der Waals surface area contributed by atoms with Gasteiger partial charge in [0.05, 0.1) is 35.3 Å². The molecule has 7 nitrogen and oxygen atoms in total. The van der Waals surface area contributed by atoms with Gasteiger partial charge in [-0.15, -0.1) is 0 Å². The molecular weight excluding hydrogens is 475 g/mol. The maximum atomic E-state index is 11.3. The maximum absolute atomic E-state index is 11.3. The lowest BCUT2D eigenvalue weighted by Crippen LogP contribution is -2.41. The molecule has 0 aliphatic carbocycles. The zero-order valence-corrected chi connectivity index (χ0v) is 20.0. The number of hydrogen-bond donors (Lipinski definition) is 0. The van der Waals surface area contributed by atoms with Gasteiger partial charge in [0.15, 0.2) is 8.32 Å². The Bertz CT molecular complexity index is 683. The highest BCUT2D eigenvalue weighted by Gasteiger charge is 2.37. The van der Waals surface area contributed by atoms with Crippen LogP contribution in [0.25, 0.3) is 0 Å². The SMILES string of the molecule is COCc1nn(CCO[Si](C)(C)C(C)(C)C)c(COS(C)(=O)=O)c1I. The summed E-state index contributed by atoms with van der Waals surface area (Å²) < 4.78 is 41.6. The molecule has 0 saturated heterocycles. The predicted molar refractivity (Wildman–Crippen MR) is 108 cm³/mol. The Morgan fingerprint density at radius 2 is 1.84 bits per heavy atom. The predicted octanol–water partition coefficient (Wildman–Crippen LogP) is 3.13. The van der Waals surface area contributed by atoms with E-state index in [0.29, 0.717) is 19.8 Å². The largest absolute Gasteiger partial charge is 0.415 e. The molecule has 0 unspecified atom stereocenters. The first kappa shape index (κ1) is 23.0. The van der Waals surface area contributed by atoms with Crippen LogP contribution in [0.15, 0.2) is 0 Å². The molecule has 0 aromatic carbocycles. The van der Waals surface area contributed by atoms with Crippen LogP contribution in [0.2, 0.25) is 18.1 Å². The molecule has 10 heteroatoms. The first-order chi connectivity index (χ1) is 11.3. The van der Waals surface area contributed by atoms with Crippen molar-refractivity contribution in [1.82, 2.24) is 9.78 Å². The number of ether oxygens (including phenoxy) is 1. The third kappa shape index (κ3) is 6.90. The smallest absolute Gasteiger partial charge is 0.264 e. The summed E-state index contributed by atoms with van der Waals surface area (Å²) in [6.45, 7) is 12.3. The van der Waals surface area contributed by atoms with E-state index in [0.717, 1.165) is 21.2 Å². The Hall–Kier alpha value is -0.0131. The van der Waals surface area contributed by atoms with Crippen LogP contribution in [0.3, 0.4) is 0 Å². The molecule has 0 aliphatic rings. The molecule has 25 heavy (non-hydrogen) atoms. The third-order valence-corrected chi connectivity index (χ3v) is 10.7. The summed E-state index contributed by atoms with van der Waals surface area (Å²) in [5, 5.41) is 4.66. The fourth-order valence-electron chi connectivity index (χ4n) is 1.85. The van der Waals surface area contributed by atoms with Crippen molar-refractivity contribution in [3.63, 3.8) is 0 Å². The minimum atomic E-state index is -3.52. The van der Waals surface area contributed by atoms with Gasteiger partial charge < -0.3 is 9.16 Å². The van der Waals surface area contributed by atoms with E-state index in [9.17, 15) is 8.42 Å². The molecule has 0 radical (unpaired) electrons. The molecular formula is C15H29IN2O5SSi. The van der Waals surface area contributed by atoms with Crippen molar-refractivity contribution in [3.05, 3.63) is 15.0 Å². The maximum Gasteiger partial charge on any atom is 0.264 e. The molecule has 0 bridgehead atoms. The molecule has 1 aromatic rings. The van der Waals surface area contributed by atoms with Gasteiger partial charge in [0.2, 0.25) is 0 Å². The highest BCUT2D eigenvalue weighted by molar-refractivity contribution is 14.1. The van der Waals surface area contributed by atoms with Crippen molar-refractivity contribution in [3.8, 4) is 0 Å². The highest BCUT2D eigenvalue weighted by Crippen LogP contribution is 2.36. The van der Waals surface area contributed by atoms with Crippen LogP contribution < -0.4 is 0 Å². The van der Waals surface area contributed by atoms with Crippen LogP contribution >= 0.6 is 22.6 Å². The van der Waals surface area contributed by atoms with Crippen molar-refractivity contribution < 1.29 is 21.8 Å². The van der Waals surface area contributed by atoms with Gasteiger partial charge in [0, 0.05) is 7.11 Å². The second-order valence-electron chi connectivity index (χ2n) is 7.44. The number of hydrogen-bond acceptors (Lipinski definition) is 6. The second kappa shape index (κ2) is 8.78. The molecule has 0 amide bonds. The lowest BCUT2D eigenvalue weighted by molar-refractivity contribution is 0.179. The van der Waals surface area contributed by atoms with Crippen LogP contribution in [0.5, 0.6) is 0 Å². The van der Waals surface area contributed by atoms with E-state index in [1.807, 2.05) is 0 Å². The summed E-state index contributed by atoms with van der Waals surface area (Å²) in [5.41, 5.74) is 1.49. The first-order valence-corrected chi connectivity index (χ1v) is 13.8. The molecule has 0 atom stereocenters. The fraction of sp³-hybridized carbons (Fsp3) is 0.800. The van der Waals surface area contributed by atoms with Crippen LogP contribution in [-0.4, -0.2) is 46.5 Å². The molecule has 1 heterocycles.